The second kappa shape index (κ2) is 9.78. The standard InChI is InChI=1S/C29H27ClN2O2/c1-3-15-34-29-25(30)16-19(17-27(29)33-2)18-31-21-13-11-20(12-14-21)28-24-9-6-8-22(24)23-7-4-5-10-26(23)32-28/h3-8,10-14,16-18,22,24,28,32H,1,9,15H2,2H3/t22-,24-,28-/m0/s1. The minimum absolute atomic E-state index is 0.277. The van der Waals surface area contributed by atoms with Gasteiger partial charge in [-0.2, -0.15) is 0 Å². The second-order valence-corrected chi connectivity index (χ2v) is 8.95. The van der Waals surface area contributed by atoms with Crippen molar-refractivity contribution in [1.29, 1.82) is 0 Å². The Bertz CT molecular complexity index is 1250. The summed E-state index contributed by atoms with van der Waals surface area (Å²) in [4.78, 5) is 4.64. The van der Waals surface area contributed by atoms with Gasteiger partial charge in [0.05, 0.1) is 23.9 Å². The smallest absolute Gasteiger partial charge is 0.180 e. The first-order chi connectivity index (χ1) is 16.7. The Balaban J connectivity index is 1.34. The molecule has 5 rings (SSSR count). The van der Waals surface area contributed by atoms with E-state index >= 15 is 0 Å². The van der Waals surface area contributed by atoms with Crippen LogP contribution in [0.4, 0.5) is 11.4 Å². The monoisotopic (exact) mass is 470 g/mol. The summed E-state index contributed by atoms with van der Waals surface area (Å²) in [6.07, 6.45) is 9.22. The van der Waals surface area contributed by atoms with Crippen LogP contribution in [0.3, 0.4) is 0 Å². The number of hydrogen-bond donors (Lipinski definition) is 1. The minimum Gasteiger partial charge on any atom is -0.493 e. The van der Waals surface area contributed by atoms with Gasteiger partial charge in [0.2, 0.25) is 0 Å². The van der Waals surface area contributed by atoms with Gasteiger partial charge < -0.3 is 14.8 Å². The molecule has 5 heteroatoms. The summed E-state index contributed by atoms with van der Waals surface area (Å²) >= 11 is 6.40. The highest BCUT2D eigenvalue weighted by Crippen LogP contribution is 2.49. The fourth-order valence-electron chi connectivity index (χ4n) is 4.89. The number of ether oxygens (including phenoxy) is 2. The average molecular weight is 471 g/mol. The summed E-state index contributed by atoms with van der Waals surface area (Å²) in [5, 5.41) is 4.25. The number of aliphatic imine (C=N–C) groups is 1. The number of para-hydroxylation sites is 1. The van der Waals surface area contributed by atoms with Gasteiger partial charge in [-0.1, -0.05) is 66.7 Å². The molecule has 34 heavy (non-hydrogen) atoms. The van der Waals surface area contributed by atoms with Gasteiger partial charge in [-0.05, 0) is 59.4 Å². The van der Waals surface area contributed by atoms with E-state index in [2.05, 4.69) is 77.6 Å². The van der Waals surface area contributed by atoms with Crippen molar-refractivity contribution in [3.63, 3.8) is 0 Å². The molecule has 1 aliphatic carbocycles. The Kier molecular flexibility index (Phi) is 6.41. The molecule has 3 aromatic rings. The molecule has 4 nitrogen and oxygen atoms in total. The lowest BCUT2D eigenvalue weighted by atomic mass is 9.77. The molecule has 1 N–H and O–H groups in total. The maximum atomic E-state index is 6.40. The summed E-state index contributed by atoms with van der Waals surface area (Å²) in [6, 6.07) is 21.1. The van der Waals surface area contributed by atoms with Crippen LogP contribution in [-0.2, 0) is 0 Å². The van der Waals surface area contributed by atoms with Crippen molar-refractivity contribution < 1.29 is 9.47 Å². The zero-order chi connectivity index (χ0) is 23.5. The molecule has 1 heterocycles. The summed E-state index contributed by atoms with van der Waals surface area (Å²) < 4.78 is 11.1. The Hall–Kier alpha value is -3.50. The molecule has 0 aromatic heterocycles. The fourth-order valence-corrected chi connectivity index (χ4v) is 5.16. The number of halogens is 1. The lowest BCUT2D eigenvalue weighted by molar-refractivity contribution is 0.326. The van der Waals surface area contributed by atoms with Crippen LogP contribution in [0.5, 0.6) is 11.5 Å². The van der Waals surface area contributed by atoms with Crippen LogP contribution >= 0.6 is 11.6 Å². The van der Waals surface area contributed by atoms with E-state index in [9.17, 15) is 0 Å². The molecule has 0 radical (unpaired) electrons. The van der Waals surface area contributed by atoms with Crippen LogP contribution in [0.25, 0.3) is 0 Å². The van der Waals surface area contributed by atoms with E-state index < -0.39 is 0 Å². The van der Waals surface area contributed by atoms with Crippen molar-refractivity contribution in [2.24, 2.45) is 10.9 Å². The Morgan fingerprint density at radius 2 is 1.97 bits per heavy atom. The lowest BCUT2D eigenvalue weighted by Crippen LogP contribution is -2.28. The molecule has 0 fully saturated rings. The molecule has 0 saturated carbocycles. The summed E-state index contributed by atoms with van der Waals surface area (Å²) in [6.45, 7) is 4.02. The number of anilines is 1. The van der Waals surface area contributed by atoms with E-state index in [0.29, 0.717) is 35.0 Å². The zero-order valence-electron chi connectivity index (χ0n) is 19.1. The topological polar surface area (TPSA) is 42.8 Å². The molecule has 3 aromatic carbocycles. The van der Waals surface area contributed by atoms with E-state index in [1.165, 1.54) is 16.8 Å². The van der Waals surface area contributed by atoms with Crippen LogP contribution in [0.2, 0.25) is 5.02 Å². The Morgan fingerprint density at radius 1 is 1.15 bits per heavy atom. The SMILES string of the molecule is C=CCOc1c(Cl)cc(C=Nc2ccc([C@@H]3Nc4ccccc4[C@@H]4C=CC[C@@H]43)cc2)cc1OC. The second-order valence-electron chi connectivity index (χ2n) is 8.55. The Morgan fingerprint density at radius 3 is 2.76 bits per heavy atom. The average Bonchev–Trinajstić information content (AvgIpc) is 3.37. The molecule has 0 amide bonds. The third-order valence-corrected chi connectivity index (χ3v) is 6.76. The number of rotatable bonds is 7. The predicted octanol–water partition coefficient (Wildman–Crippen LogP) is 7.49. The van der Waals surface area contributed by atoms with E-state index in [0.717, 1.165) is 17.7 Å². The van der Waals surface area contributed by atoms with E-state index in [1.807, 2.05) is 12.1 Å². The maximum absolute atomic E-state index is 6.40. The van der Waals surface area contributed by atoms with Gasteiger partial charge in [-0.15, -0.1) is 0 Å². The van der Waals surface area contributed by atoms with Crippen LogP contribution in [-0.4, -0.2) is 19.9 Å². The van der Waals surface area contributed by atoms with Gasteiger partial charge in [-0.25, -0.2) is 0 Å². The number of methoxy groups -OCH3 is 1. The Labute approximate surface area is 205 Å². The molecule has 0 unspecified atom stereocenters. The maximum Gasteiger partial charge on any atom is 0.180 e. The number of benzene rings is 3. The number of allylic oxidation sites excluding steroid dienone is 2. The quantitative estimate of drug-likeness (QED) is 0.287. The van der Waals surface area contributed by atoms with Crippen LogP contribution in [0.15, 0.2) is 90.5 Å². The van der Waals surface area contributed by atoms with Crippen molar-refractivity contribution in [3.8, 4) is 11.5 Å². The van der Waals surface area contributed by atoms with Crippen molar-refractivity contribution >= 4 is 29.2 Å². The van der Waals surface area contributed by atoms with Crippen LogP contribution in [0, 0.1) is 5.92 Å². The summed E-state index contributed by atoms with van der Waals surface area (Å²) in [5.41, 5.74) is 5.62. The van der Waals surface area contributed by atoms with E-state index in [-0.39, 0.29) is 6.04 Å². The number of hydrogen-bond acceptors (Lipinski definition) is 4. The predicted molar refractivity (Wildman–Crippen MR) is 140 cm³/mol. The molecule has 3 atom stereocenters. The fraction of sp³-hybridized carbons (Fsp3) is 0.207. The van der Waals surface area contributed by atoms with Gasteiger partial charge in [0.1, 0.15) is 6.61 Å². The molecule has 0 bridgehead atoms. The number of nitrogens with one attached hydrogen (secondary N) is 1. The lowest BCUT2D eigenvalue weighted by Gasteiger charge is -2.37. The van der Waals surface area contributed by atoms with Crippen LogP contribution < -0.4 is 14.8 Å². The van der Waals surface area contributed by atoms with Crippen molar-refractivity contribution in [1.82, 2.24) is 0 Å². The first-order valence-electron chi connectivity index (χ1n) is 11.5. The van der Waals surface area contributed by atoms with E-state index in [1.54, 1.807) is 19.4 Å². The highest BCUT2D eigenvalue weighted by atomic mass is 35.5. The molecular weight excluding hydrogens is 444 g/mol. The van der Waals surface area contributed by atoms with Crippen molar-refractivity contribution in [2.75, 3.05) is 19.0 Å². The van der Waals surface area contributed by atoms with Gasteiger partial charge in [0, 0.05) is 17.8 Å². The molecule has 1 aliphatic heterocycles. The van der Waals surface area contributed by atoms with Gasteiger partial charge in [0.15, 0.2) is 11.5 Å². The summed E-state index contributed by atoms with van der Waals surface area (Å²) in [7, 11) is 1.59. The minimum atomic E-state index is 0.277. The molecule has 2 aliphatic rings. The van der Waals surface area contributed by atoms with E-state index in [4.69, 9.17) is 21.1 Å². The normalized spacial score (nSPS) is 20.5. The van der Waals surface area contributed by atoms with Gasteiger partial charge >= 0.3 is 0 Å². The van der Waals surface area contributed by atoms with Crippen molar-refractivity contribution in [3.05, 3.63) is 107 Å². The molecule has 0 saturated heterocycles. The number of fused-ring (bicyclic) bond motifs is 3. The molecule has 172 valence electrons. The molecule has 0 spiro atoms. The third kappa shape index (κ3) is 4.34. The number of nitrogens with zero attached hydrogens (tertiary/aromatic N) is 1. The first kappa shape index (κ1) is 22.3. The van der Waals surface area contributed by atoms with Gasteiger partial charge in [0.25, 0.3) is 0 Å². The van der Waals surface area contributed by atoms with Gasteiger partial charge in [-0.3, -0.25) is 4.99 Å². The van der Waals surface area contributed by atoms with Crippen molar-refractivity contribution in [2.45, 2.75) is 18.4 Å². The summed E-state index contributed by atoms with van der Waals surface area (Å²) in [5.74, 6) is 2.07. The largest absolute Gasteiger partial charge is 0.493 e. The molecular formula is C29H27ClN2O2. The van der Waals surface area contributed by atoms with Crippen LogP contribution in [0.1, 0.15) is 35.1 Å². The highest BCUT2D eigenvalue weighted by Gasteiger charge is 2.37. The zero-order valence-corrected chi connectivity index (χ0v) is 19.8. The first-order valence-corrected chi connectivity index (χ1v) is 11.8. The third-order valence-electron chi connectivity index (χ3n) is 6.48. The highest BCUT2D eigenvalue weighted by molar-refractivity contribution is 6.32.